The van der Waals surface area contributed by atoms with Crippen LogP contribution in [0.2, 0.25) is 0 Å². The summed E-state index contributed by atoms with van der Waals surface area (Å²) in [6, 6.07) is 25.8. The van der Waals surface area contributed by atoms with Gasteiger partial charge in [-0.25, -0.2) is 14.9 Å². The van der Waals surface area contributed by atoms with Crippen molar-refractivity contribution in [1.82, 2.24) is 39.3 Å². The number of hydrogen-bond acceptors (Lipinski definition) is 6. The Morgan fingerprint density at radius 1 is 0.837 bits per heavy atom. The summed E-state index contributed by atoms with van der Waals surface area (Å²) >= 11 is 0. The number of hydrogen-bond donors (Lipinski definition) is 1. The molecule has 0 amide bonds. The van der Waals surface area contributed by atoms with Crippen LogP contribution in [-0.4, -0.2) is 39.3 Å². The topological polar surface area (TPSA) is 116 Å². The van der Waals surface area contributed by atoms with E-state index >= 15 is 0 Å². The SMILES string of the molecule is CCCc1nc2c(c(=O)n(CCC)c(=O)n2C(C)c2ccccc2)n1Cc1ccc(-c2ccccc2-c2nnn[nH]2)cc1. The van der Waals surface area contributed by atoms with E-state index in [4.69, 9.17) is 4.98 Å². The van der Waals surface area contributed by atoms with Crippen LogP contribution >= 0.6 is 0 Å². The predicted molar refractivity (Wildman–Crippen MR) is 167 cm³/mol. The maximum Gasteiger partial charge on any atom is 0.333 e. The van der Waals surface area contributed by atoms with Gasteiger partial charge in [0, 0.05) is 25.1 Å². The minimum Gasteiger partial charge on any atom is -0.318 e. The lowest BCUT2D eigenvalue weighted by Crippen LogP contribution is -2.41. The zero-order valence-corrected chi connectivity index (χ0v) is 24.6. The number of H-pyrrole nitrogens is 1. The number of benzene rings is 3. The highest BCUT2D eigenvalue weighted by atomic mass is 16.2. The normalized spacial score (nSPS) is 12.2. The van der Waals surface area contributed by atoms with Crippen LogP contribution in [0, 0.1) is 0 Å². The molecule has 3 aromatic heterocycles. The van der Waals surface area contributed by atoms with Crippen molar-refractivity contribution in [2.24, 2.45) is 0 Å². The second kappa shape index (κ2) is 12.0. The van der Waals surface area contributed by atoms with Gasteiger partial charge in [-0.2, -0.15) is 0 Å². The van der Waals surface area contributed by atoms with Crippen molar-refractivity contribution < 1.29 is 0 Å². The number of imidazole rings is 1. The van der Waals surface area contributed by atoms with Gasteiger partial charge in [-0.05, 0) is 52.4 Å². The van der Waals surface area contributed by atoms with Crippen LogP contribution in [0.25, 0.3) is 33.7 Å². The van der Waals surface area contributed by atoms with Crippen molar-refractivity contribution in [3.63, 3.8) is 0 Å². The highest BCUT2D eigenvalue weighted by Crippen LogP contribution is 2.30. The third-order valence-corrected chi connectivity index (χ3v) is 7.86. The quantitative estimate of drug-likeness (QED) is 0.240. The first-order chi connectivity index (χ1) is 21.0. The number of aromatic nitrogens is 8. The molecule has 1 N–H and O–H groups in total. The lowest BCUT2D eigenvalue weighted by Gasteiger charge is -2.18. The smallest absolute Gasteiger partial charge is 0.318 e. The summed E-state index contributed by atoms with van der Waals surface area (Å²) in [7, 11) is 0. The van der Waals surface area contributed by atoms with Crippen LogP contribution in [0.1, 0.15) is 56.6 Å². The molecule has 0 spiro atoms. The Hall–Kier alpha value is -5.12. The van der Waals surface area contributed by atoms with Crippen molar-refractivity contribution in [3.8, 4) is 22.5 Å². The van der Waals surface area contributed by atoms with Crippen molar-refractivity contribution in [2.45, 2.75) is 59.2 Å². The maximum absolute atomic E-state index is 13.9. The van der Waals surface area contributed by atoms with Crippen LogP contribution in [0.15, 0.2) is 88.5 Å². The van der Waals surface area contributed by atoms with Gasteiger partial charge in [-0.3, -0.25) is 13.9 Å². The Morgan fingerprint density at radius 2 is 1.56 bits per heavy atom. The first kappa shape index (κ1) is 28.0. The minimum atomic E-state index is -0.326. The van der Waals surface area contributed by atoms with Gasteiger partial charge in [0.1, 0.15) is 5.82 Å². The molecule has 0 saturated carbocycles. The second-order valence-corrected chi connectivity index (χ2v) is 10.7. The largest absolute Gasteiger partial charge is 0.333 e. The summed E-state index contributed by atoms with van der Waals surface area (Å²) in [5.41, 5.74) is 5.23. The first-order valence-electron chi connectivity index (χ1n) is 14.7. The van der Waals surface area contributed by atoms with Gasteiger partial charge in [-0.15, -0.1) is 5.10 Å². The van der Waals surface area contributed by atoms with Gasteiger partial charge >= 0.3 is 5.69 Å². The molecule has 0 bridgehead atoms. The summed E-state index contributed by atoms with van der Waals surface area (Å²) in [5, 5.41) is 14.4. The van der Waals surface area contributed by atoms with Crippen LogP contribution in [-0.2, 0) is 19.5 Å². The molecular formula is C33H34N8O2. The summed E-state index contributed by atoms with van der Waals surface area (Å²) in [6.07, 6.45) is 2.22. The first-order valence-corrected chi connectivity index (χ1v) is 14.7. The van der Waals surface area contributed by atoms with Gasteiger partial charge in [0.2, 0.25) is 0 Å². The Bertz CT molecular complexity index is 1970. The highest BCUT2D eigenvalue weighted by Gasteiger charge is 2.24. The Balaban J connectivity index is 1.46. The average molecular weight is 575 g/mol. The zero-order valence-electron chi connectivity index (χ0n) is 24.6. The molecule has 0 saturated heterocycles. The van der Waals surface area contributed by atoms with Crippen LogP contribution in [0.4, 0.5) is 0 Å². The molecule has 10 heteroatoms. The fourth-order valence-electron chi connectivity index (χ4n) is 5.72. The van der Waals surface area contributed by atoms with E-state index < -0.39 is 0 Å². The fourth-order valence-corrected chi connectivity index (χ4v) is 5.72. The molecule has 1 unspecified atom stereocenters. The molecule has 218 valence electrons. The van der Waals surface area contributed by atoms with E-state index in [1.807, 2.05) is 73.0 Å². The molecule has 0 aliphatic carbocycles. The van der Waals surface area contributed by atoms with Crippen LogP contribution in [0.5, 0.6) is 0 Å². The van der Waals surface area contributed by atoms with Gasteiger partial charge < -0.3 is 4.57 Å². The van der Waals surface area contributed by atoms with E-state index in [-0.39, 0.29) is 17.3 Å². The van der Waals surface area contributed by atoms with E-state index in [1.165, 1.54) is 4.57 Å². The number of aryl methyl sites for hydroxylation is 1. The van der Waals surface area contributed by atoms with Gasteiger partial charge in [0.25, 0.3) is 5.56 Å². The molecule has 0 aliphatic rings. The van der Waals surface area contributed by atoms with Crippen LogP contribution in [0.3, 0.4) is 0 Å². The molecule has 10 nitrogen and oxygen atoms in total. The predicted octanol–water partition coefficient (Wildman–Crippen LogP) is 5.23. The summed E-state index contributed by atoms with van der Waals surface area (Å²) in [5.74, 6) is 1.40. The number of nitrogens with one attached hydrogen (secondary N) is 1. The lowest BCUT2D eigenvalue weighted by molar-refractivity contribution is 0.536. The second-order valence-electron chi connectivity index (χ2n) is 10.7. The van der Waals surface area contributed by atoms with Gasteiger partial charge in [0.15, 0.2) is 17.0 Å². The Kier molecular flexibility index (Phi) is 7.83. The Morgan fingerprint density at radius 3 is 2.23 bits per heavy atom. The zero-order chi connectivity index (χ0) is 29.9. The van der Waals surface area contributed by atoms with E-state index in [2.05, 4.69) is 51.8 Å². The third kappa shape index (κ3) is 5.20. The molecule has 43 heavy (non-hydrogen) atoms. The number of fused-ring (bicyclic) bond motifs is 1. The van der Waals surface area contributed by atoms with Crippen molar-refractivity contribution in [3.05, 3.63) is 117 Å². The van der Waals surface area contributed by atoms with E-state index in [0.29, 0.717) is 42.9 Å². The van der Waals surface area contributed by atoms with Crippen molar-refractivity contribution in [1.29, 1.82) is 0 Å². The monoisotopic (exact) mass is 574 g/mol. The average Bonchev–Trinajstić information content (AvgIpc) is 3.69. The van der Waals surface area contributed by atoms with E-state index in [9.17, 15) is 9.59 Å². The summed E-state index contributed by atoms with van der Waals surface area (Å²) in [4.78, 5) is 32.7. The van der Waals surface area contributed by atoms with Gasteiger partial charge in [-0.1, -0.05) is 92.7 Å². The number of aromatic amines is 1. The van der Waals surface area contributed by atoms with Gasteiger partial charge in [0.05, 0.1) is 6.04 Å². The Labute approximate surface area is 248 Å². The minimum absolute atomic E-state index is 0.292. The molecule has 0 aliphatic heterocycles. The molecule has 3 aromatic carbocycles. The van der Waals surface area contributed by atoms with E-state index in [0.717, 1.165) is 40.1 Å². The number of nitrogens with zero attached hydrogens (tertiary/aromatic N) is 7. The van der Waals surface area contributed by atoms with E-state index in [1.54, 1.807) is 4.57 Å². The van der Waals surface area contributed by atoms with Crippen molar-refractivity contribution in [2.75, 3.05) is 0 Å². The molecule has 0 fully saturated rings. The number of tetrazole rings is 1. The summed E-state index contributed by atoms with van der Waals surface area (Å²) in [6.45, 7) is 6.85. The molecule has 6 rings (SSSR count). The van der Waals surface area contributed by atoms with Crippen molar-refractivity contribution >= 4 is 11.2 Å². The molecule has 3 heterocycles. The molecular weight excluding hydrogens is 540 g/mol. The molecule has 0 radical (unpaired) electrons. The molecule has 1 atom stereocenters. The molecule has 6 aromatic rings. The lowest BCUT2D eigenvalue weighted by atomic mass is 9.98. The standard InChI is InChI=1S/C33H34N8O2/c1-4-11-28-34-31-29(32(42)39(20-5-2)33(43)41(31)22(3)24-12-7-6-8-13-24)40(28)21-23-16-18-25(19-17-23)26-14-9-10-15-27(26)30-35-37-38-36-30/h6-10,12-19,22H,4-5,11,20-21H2,1-3H3,(H,35,36,37,38). The van der Waals surface area contributed by atoms with Crippen LogP contribution < -0.4 is 11.2 Å². The fraction of sp³-hybridized carbons (Fsp3) is 0.273. The highest BCUT2D eigenvalue weighted by molar-refractivity contribution is 5.80. The number of rotatable bonds is 10. The maximum atomic E-state index is 13.9. The summed E-state index contributed by atoms with van der Waals surface area (Å²) < 4.78 is 5.06. The third-order valence-electron chi connectivity index (χ3n) is 7.86.